The first-order valence-corrected chi connectivity index (χ1v) is 9.57. The molecular weight excluding hydrogens is 456 g/mol. The molecule has 11 nitrogen and oxygen atoms in total. The molecule has 168 valence electrons. The van der Waals surface area contributed by atoms with Gasteiger partial charge in [-0.1, -0.05) is 23.7 Å². The molecule has 0 bridgehead atoms. The van der Waals surface area contributed by atoms with Crippen LogP contribution in [0.1, 0.15) is 22.0 Å². The SMILES string of the molecule is COC(=O)C(=O)[C@@H](C(=O)C(=O)Nc1ccccc1C(N)=O)c1nc2ccc(Cl)cc2[nH]c1=O. The summed E-state index contributed by atoms with van der Waals surface area (Å²) in [4.78, 5) is 80.7. The van der Waals surface area contributed by atoms with Crippen LogP contribution in [0.25, 0.3) is 11.0 Å². The number of Topliss-reactive ketones (excluding diaryl/α,β-unsaturated/α-hetero) is 2. The highest BCUT2D eigenvalue weighted by Gasteiger charge is 2.40. The Morgan fingerprint density at radius 3 is 2.45 bits per heavy atom. The predicted octanol–water partition coefficient (Wildman–Crippen LogP) is 0.709. The lowest BCUT2D eigenvalue weighted by Crippen LogP contribution is -2.39. The minimum atomic E-state index is -2.21. The summed E-state index contributed by atoms with van der Waals surface area (Å²) in [5.74, 6) is -8.89. The number of esters is 1. The van der Waals surface area contributed by atoms with Crippen LogP contribution < -0.4 is 16.6 Å². The van der Waals surface area contributed by atoms with Crippen molar-refractivity contribution in [2.24, 2.45) is 5.73 Å². The summed E-state index contributed by atoms with van der Waals surface area (Å²) in [5.41, 5.74) is 3.70. The third kappa shape index (κ3) is 4.77. The number of nitrogens with two attached hydrogens (primary N) is 1. The fourth-order valence-corrected chi connectivity index (χ4v) is 3.15. The number of carbonyl (C=O) groups is 5. The molecule has 0 spiro atoms. The Labute approximate surface area is 189 Å². The van der Waals surface area contributed by atoms with Gasteiger partial charge in [0.1, 0.15) is 11.6 Å². The van der Waals surface area contributed by atoms with Gasteiger partial charge in [0.25, 0.3) is 23.2 Å². The van der Waals surface area contributed by atoms with Gasteiger partial charge in [-0.3, -0.25) is 24.0 Å². The fraction of sp³-hybridized carbons (Fsp3) is 0.0952. The second kappa shape index (κ2) is 9.40. The number of hydrogen-bond donors (Lipinski definition) is 3. The molecule has 0 radical (unpaired) electrons. The number of methoxy groups -OCH3 is 1. The number of ether oxygens (including phenoxy) is 1. The molecule has 1 heterocycles. The number of ketones is 2. The van der Waals surface area contributed by atoms with Crippen molar-refractivity contribution < 1.29 is 28.7 Å². The van der Waals surface area contributed by atoms with Gasteiger partial charge in [0, 0.05) is 5.02 Å². The Balaban J connectivity index is 2.07. The average Bonchev–Trinajstić information content (AvgIpc) is 2.78. The van der Waals surface area contributed by atoms with Gasteiger partial charge in [-0.25, -0.2) is 9.78 Å². The molecule has 0 aliphatic heterocycles. The van der Waals surface area contributed by atoms with Crippen molar-refractivity contribution in [3.63, 3.8) is 0 Å². The van der Waals surface area contributed by atoms with Crippen LogP contribution in [0.2, 0.25) is 5.02 Å². The normalized spacial score (nSPS) is 11.5. The largest absolute Gasteiger partial charge is 0.463 e. The van der Waals surface area contributed by atoms with Crippen molar-refractivity contribution in [3.8, 4) is 0 Å². The summed E-state index contributed by atoms with van der Waals surface area (Å²) in [6, 6.07) is 9.79. The minimum Gasteiger partial charge on any atom is -0.463 e. The van der Waals surface area contributed by atoms with Crippen LogP contribution in [0.4, 0.5) is 5.69 Å². The Morgan fingerprint density at radius 1 is 1.09 bits per heavy atom. The number of anilines is 1. The van der Waals surface area contributed by atoms with Crippen molar-refractivity contribution in [3.05, 3.63) is 69.1 Å². The summed E-state index contributed by atoms with van der Waals surface area (Å²) in [5, 5.41) is 2.46. The van der Waals surface area contributed by atoms with Crippen molar-refractivity contribution in [2.45, 2.75) is 5.92 Å². The van der Waals surface area contributed by atoms with Gasteiger partial charge in [0.05, 0.1) is 29.4 Å². The van der Waals surface area contributed by atoms with Gasteiger partial charge in [-0.2, -0.15) is 0 Å². The van der Waals surface area contributed by atoms with Crippen LogP contribution in [0.3, 0.4) is 0 Å². The Morgan fingerprint density at radius 2 is 1.79 bits per heavy atom. The van der Waals surface area contributed by atoms with Crippen LogP contribution in [0, 0.1) is 0 Å². The zero-order chi connectivity index (χ0) is 24.3. The molecule has 0 aliphatic carbocycles. The number of fused-ring (bicyclic) bond motifs is 1. The van der Waals surface area contributed by atoms with E-state index in [0.29, 0.717) is 5.02 Å². The maximum absolute atomic E-state index is 13.0. The Bertz CT molecular complexity index is 1380. The van der Waals surface area contributed by atoms with E-state index in [2.05, 4.69) is 20.0 Å². The number of H-pyrrole nitrogens is 1. The summed E-state index contributed by atoms with van der Waals surface area (Å²) < 4.78 is 4.37. The zero-order valence-corrected chi connectivity index (χ0v) is 17.6. The Kier molecular flexibility index (Phi) is 6.64. The van der Waals surface area contributed by atoms with Crippen LogP contribution >= 0.6 is 11.6 Å². The molecule has 12 heteroatoms. The first-order chi connectivity index (χ1) is 15.6. The number of aromatic nitrogens is 2. The van der Waals surface area contributed by atoms with E-state index < -0.39 is 46.5 Å². The highest BCUT2D eigenvalue weighted by atomic mass is 35.5. The topological polar surface area (TPSA) is 178 Å². The molecule has 2 amide bonds. The number of nitrogens with zero attached hydrogens (tertiary/aromatic N) is 1. The number of hydrogen-bond acceptors (Lipinski definition) is 8. The lowest BCUT2D eigenvalue weighted by Gasteiger charge is -2.14. The van der Waals surface area contributed by atoms with Gasteiger partial charge < -0.3 is 20.8 Å². The third-order valence-electron chi connectivity index (χ3n) is 4.53. The maximum Gasteiger partial charge on any atom is 0.375 e. The van der Waals surface area contributed by atoms with Crippen molar-refractivity contribution in [2.75, 3.05) is 12.4 Å². The molecule has 0 saturated heterocycles. The summed E-state index contributed by atoms with van der Waals surface area (Å²) >= 11 is 5.88. The van der Waals surface area contributed by atoms with Crippen LogP contribution in [-0.2, 0) is 23.9 Å². The second-order valence-electron chi connectivity index (χ2n) is 6.63. The smallest absolute Gasteiger partial charge is 0.375 e. The summed E-state index contributed by atoms with van der Waals surface area (Å²) in [7, 11) is 0.894. The lowest BCUT2D eigenvalue weighted by molar-refractivity contribution is -0.154. The van der Waals surface area contributed by atoms with E-state index >= 15 is 0 Å². The molecule has 3 aromatic rings. The molecule has 33 heavy (non-hydrogen) atoms. The lowest BCUT2D eigenvalue weighted by atomic mass is 9.94. The number of aromatic amines is 1. The number of halogens is 1. The molecule has 3 rings (SSSR count). The van der Waals surface area contributed by atoms with Crippen molar-refractivity contribution in [1.29, 1.82) is 0 Å². The number of amides is 2. The van der Waals surface area contributed by atoms with Gasteiger partial charge in [0.2, 0.25) is 5.78 Å². The van der Waals surface area contributed by atoms with Crippen LogP contribution in [0.15, 0.2) is 47.3 Å². The predicted molar refractivity (Wildman–Crippen MR) is 116 cm³/mol. The fourth-order valence-electron chi connectivity index (χ4n) is 2.98. The molecule has 0 aliphatic rings. The van der Waals surface area contributed by atoms with Crippen LogP contribution in [-0.4, -0.2) is 46.4 Å². The average molecular weight is 471 g/mol. The molecule has 1 atom stereocenters. The highest BCUT2D eigenvalue weighted by Crippen LogP contribution is 2.21. The summed E-state index contributed by atoms with van der Waals surface area (Å²) in [6.45, 7) is 0. The quantitative estimate of drug-likeness (QED) is 0.256. The van der Waals surface area contributed by atoms with E-state index in [-0.39, 0.29) is 22.3 Å². The number of nitrogens with one attached hydrogen (secondary N) is 2. The van der Waals surface area contributed by atoms with Gasteiger partial charge in [-0.15, -0.1) is 0 Å². The molecule has 0 unspecified atom stereocenters. The van der Waals surface area contributed by atoms with Gasteiger partial charge in [-0.05, 0) is 30.3 Å². The van der Waals surface area contributed by atoms with Gasteiger partial charge in [0.15, 0.2) is 0 Å². The third-order valence-corrected chi connectivity index (χ3v) is 4.76. The van der Waals surface area contributed by atoms with E-state index in [9.17, 15) is 28.8 Å². The number of carbonyl (C=O) groups excluding carboxylic acids is 5. The Hall–Kier alpha value is -4.38. The first-order valence-electron chi connectivity index (χ1n) is 9.19. The first kappa shape index (κ1) is 23.3. The number of primary amides is 1. The molecule has 4 N–H and O–H groups in total. The van der Waals surface area contributed by atoms with E-state index in [1.165, 1.54) is 42.5 Å². The number of para-hydroxylation sites is 1. The van der Waals surface area contributed by atoms with E-state index in [1.807, 2.05) is 0 Å². The van der Waals surface area contributed by atoms with E-state index in [0.717, 1.165) is 7.11 Å². The zero-order valence-electron chi connectivity index (χ0n) is 16.9. The standard InChI is InChI=1S/C21H15ClN4O7/c1-33-21(32)17(28)14(15-19(30)26-13-8-9(22)6-7-12(13)24-15)16(27)20(31)25-11-5-3-2-4-10(11)18(23)29/h2-8,14H,1H3,(H2,23,29)(H,25,31)(H,26,30)/t14-/m1/s1. The van der Waals surface area contributed by atoms with Gasteiger partial charge >= 0.3 is 5.97 Å². The second-order valence-corrected chi connectivity index (χ2v) is 7.07. The number of rotatable bonds is 7. The molecular formula is C21H15ClN4O7. The minimum absolute atomic E-state index is 0.104. The van der Waals surface area contributed by atoms with E-state index in [4.69, 9.17) is 17.3 Å². The van der Waals surface area contributed by atoms with Crippen molar-refractivity contribution >= 4 is 57.7 Å². The van der Waals surface area contributed by atoms with E-state index in [1.54, 1.807) is 0 Å². The summed E-state index contributed by atoms with van der Waals surface area (Å²) in [6.07, 6.45) is 0. The molecule has 2 aromatic carbocycles. The number of benzene rings is 2. The molecule has 1 aromatic heterocycles. The maximum atomic E-state index is 13.0. The van der Waals surface area contributed by atoms with Crippen LogP contribution in [0.5, 0.6) is 0 Å². The van der Waals surface area contributed by atoms with Crippen molar-refractivity contribution in [1.82, 2.24) is 9.97 Å². The monoisotopic (exact) mass is 470 g/mol. The molecule has 0 saturated carbocycles. The highest BCUT2D eigenvalue weighted by molar-refractivity contribution is 6.52. The molecule has 0 fully saturated rings.